The number of amides is 1. The van der Waals surface area contributed by atoms with Crippen molar-refractivity contribution in [1.82, 2.24) is 10.3 Å². The first-order valence-electron chi connectivity index (χ1n) is 9.90. The van der Waals surface area contributed by atoms with Crippen molar-refractivity contribution in [2.24, 2.45) is 0 Å². The van der Waals surface area contributed by atoms with E-state index in [1.807, 2.05) is 42.0 Å². The zero-order valence-electron chi connectivity index (χ0n) is 17.8. The summed E-state index contributed by atoms with van der Waals surface area (Å²) in [5.41, 5.74) is 2.01. The molecule has 0 fully saturated rings. The van der Waals surface area contributed by atoms with Crippen LogP contribution in [0.3, 0.4) is 0 Å². The van der Waals surface area contributed by atoms with Crippen molar-refractivity contribution < 1.29 is 18.0 Å². The van der Waals surface area contributed by atoms with Crippen LogP contribution >= 0.6 is 23.1 Å². The Kier molecular flexibility index (Phi) is 8.22. The Bertz CT molecular complexity index is 1190. The van der Waals surface area contributed by atoms with Crippen LogP contribution in [0.25, 0.3) is 11.3 Å². The van der Waals surface area contributed by atoms with Crippen molar-refractivity contribution >= 4 is 44.6 Å². The van der Waals surface area contributed by atoms with Gasteiger partial charge in [-0.2, -0.15) is 11.8 Å². The molecule has 0 aliphatic rings. The summed E-state index contributed by atoms with van der Waals surface area (Å²) in [7, 11) is -3.44. The van der Waals surface area contributed by atoms with Crippen molar-refractivity contribution in [1.29, 1.82) is 0 Å². The Morgan fingerprint density at radius 1 is 1.12 bits per heavy atom. The average molecular weight is 489 g/mol. The summed E-state index contributed by atoms with van der Waals surface area (Å²) in [6.07, 6.45) is 3.63. The number of rotatable bonds is 10. The highest BCUT2D eigenvalue weighted by atomic mass is 32.2. The topological polar surface area (TPSA) is 93.2 Å². The molecule has 3 aromatic rings. The van der Waals surface area contributed by atoms with Crippen LogP contribution in [0.2, 0.25) is 0 Å². The smallest absolute Gasteiger partial charge is 0.251 e. The highest BCUT2D eigenvalue weighted by molar-refractivity contribution is 7.98. The molecule has 3 rings (SSSR count). The zero-order valence-corrected chi connectivity index (χ0v) is 20.2. The maximum atomic E-state index is 13.0. The lowest BCUT2D eigenvalue weighted by Gasteiger charge is -2.17. The number of thioether (sulfide) groups is 1. The van der Waals surface area contributed by atoms with Crippen LogP contribution in [0.4, 0.5) is 0 Å². The number of hydrogen-bond donors (Lipinski definition) is 1. The first-order chi connectivity index (χ1) is 15.3. The van der Waals surface area contributed by atoms with Crippen LogP contribution in [0, 0.1) is 0 Å². The molecule has 0 saturated heterocycles. The van der Waals surface area contributed by atoms with Crippen LogP contribution in [-0.4, -0.2) is 49.4 Å². The minimum atomic E-state index is -3.44. The molecule has 1 aromatic heterocycles. The Morgan fingerprint density at radius 2 is 1.88 bits per heavy atom. The summed E-state index contributed by atoms with van der Waals surface area (Å²) in [4.78, 5) is 30.4. The minimum Gasteiger partial charge on any atom is -0.342 e. The molecule has 1 heterocycles. The summed E-state index contributed by atoms with van der Waals surface area (Å²) < 4.78 is 23.6. The number of hydrogen-bond acceptors (Lipinski definition) is 7. The van der Waals surface area contributed by atoms with Crippen molar-refractivity contribution in [3.05, 3.63) is 70.5 Å². The molecule has 0 radical (unpaired) electrons. The number of benzene rings is 2. The van der Waals surface area contributed by atoms with Crippen LogP contribution in [0.1, 0.15) is 21.8 Å². The summed E-state index contributed by atoms with van der Waals surface area (Å²) in [6.45, 7) is 0. The van der Waals surface area contributed by atoms with Gasteiger partial charge in [-0.1, -0.05) is 36.4 Å². The number of carbonyl (C=O) groups excluding carboxylic acids is 2. The van der Waals surface area contributed by atoms with E-state index in [-0.39, 0.29) is 22.7 Å². The largest absolute Gasteiger partial charge is 0.342 e. The van der Waals surface area contributed by atoms with Crippen molar-refractivity contribution in [2.75, 3.05) is 18.3 Å². The van der Waals surface area contributed by atoms with Gasteiger partial charge in [-0.15, -0.1) is 11.3 Å². The average Bonchev–Trinajstić information content (AvgIpc) is 3.25. The fourth-order valence-corrected chi connectivity index (χ4v) is 5.02. The predicted molar refractivity (Wildman–Crippen MR) is 130 cm³/mol. The third-order valence-electron chi connectivity index (χ3n) is 4.78. The van der Waals surface area contributed by atoms with Gasteiger partial charge in [0, 0.05) is 22.8 Å². The normalized spacial score (nSPS) is 12.3. The molecule has 1 amide bonds. The summed E-state index contributed by atoms with van der Waals surface area (Å²) >= 11 is 3.01. The van der Waals surface area contributed by atoms with Gasteiger partial charge in [0.15, 0.2) is 15.6 Å². The van der Waals surface area contributed by atoms with Crippen LogP contribution in [0.5, 0.6) is 0 Å². The molecule has 1 N–H and O–H groups in total. The molecule has 32 heavy (non-hydrogen) atoms. The molecule has 0 spiro atoms. The van der Waals surface area contributed by atoms with E-state index in [0.717, 1.165) is 17.5 Å². The molecule has 0 saturated carbocycles. The Hall–Kier alpha value is -2.49. The highest BCUT2D eigenvalue weighted by Gasteiger charge is 2.23. The van der Waals surface area contributed by atoms with Crippen molar-refractivity contribution in [3.8, 4) is 11.3 Å². The van der Waals surface area contributed by atoms with Gasteiger partial charge in [-0.25, -0.2) is 13.4 Å². The van der Waals surface area contributed by atoms with Crippen LogP contribution in [-0.2, 0) is 21.1 Å². The Morgan fingerprint density at radius 3 is 2.56 bits per heavy atom. The van der Waals surface area contributed by atoms with E-state index in [9.17, 15) is 18.0 Å². The first kappa shape index (κ1) is 24.2. The van der Waals surface area contributed by atoms with E-state index in [0.29, 0.717) is 17.2 Å². The van der Waals surface area contributed by atoms with Crippen LogP contribution in [0.15, 0.2) is 64.9 Å². The van der Waals surface area contributed by atoms with Gasteiger partial charge in [0.05, 0.1) is 23.1 Å². The number of ketones is 1. The number of carbonyl (C=O) groups is 2. The number of sulfone groups is 1. The number of Topliss-reactive ketones (excluding diaryl/α,β-unsaturated/α-hetero) is 1. The van der Waals surface area contributed by atoms with Gasteiger partial charge >= 0.3 is 0 Å². The van der Waals surface area contributed by atoms with E-state index >= 15 is 0 Å². The van der Waals surface area contributed by atoms with Crippen molar-refractivity contribution in [2.45, 2.75) is 23.8 Å². The third-order valence-corrected chi connectivity index (χ3v) is 7.38. The van der Waals surface area contributed by atoms with E-state index in [2.05, 4.69) is 10.3 Å². The lowest BCUT2D eigenvalue weighted by Crippen LogP contribution is -2.42. The molecule has 0 unspecified atom stereocenters. The molecular formula is C23H24N2O4S3. The molecule has 168 valence electrons. The monoisotopic (exact) mass is 488 g/mol. The molecule has 0 bridgehead atoms. The third kappa shape index (κ3) is 6.51. The number of aromatic nitrogens is 1. The second-order valence-electron chi connectivity index (χ2n) is 7.24. The fraction of sp³-hybridized carbons (Fsp3) is 0.261. The van der Waals surface area contributed by atoms with Crippen molar-refractivity contribution in [3.63, 3.8) is 0 Å². The number of nitrogens with one attached hydrogen (secondary N) is 1. The van der Waals surface area contributed by atoms with Crippen LogP contribution < -0.4 is 5.32 Å². The standard InChI is InChI=1S/C23H24N2O4S3/c1-30-12-11-19(25-23(27)17-9-6-10-18(13-17)32(2,28)29)21(26)14-22-24-20(15-31-22)16-7-4-3-5-8-16/h3-10,13,15,19H,11-12,14H2,1-2H3,(H,25,27)/t19-/m0/s1. The quantitative estimate of drug-likeness (QED) is 0.466. The lowest BCUT2D eigenvalue weighted by molar-refractivity contribution is -0.120. The van der Waals surface area contributed by atoms with Gasteiger partial charge in [0.2, 0.25) is 0 Å². The first-order valence-corrected chi connectivity index (χ1v) is 14.1. The number of thiazole rings is 1. The van der Waals surface area contributed by atoms with Gasteiger partial charge < -0.3 is 5.32 Å². The second-order valence-corrected chi connectivity index (χ2v) is 11.2. The van der Waals surface area contributed by atoms with E-state index in [4.69, 9.17) is 0 Å². The van der Waals surface area contributed by atoms with Gasteiger partial charge in [0.1, 0.15) is 5.01 Å². The van der Waals surface area contributed by atoms with E-state index < -0.39 is 21.8 Å². The van der Waals surface area contributed by atoms with Gasteiger partial charge in [-0.05, 0) is 36.6 Å². The molecule has 1 atom stereocenters. The molecule has 6 nitrogen and oxygen atoms in total. The summed E-state index contributed by atoms with van der Waals surface area (Å²) in [6, 6.07) is 14.9. The molecule has 0 aliphatic heterocycles. The predicted octanol–water partition coefficient (Wildman–Crippen LogP) is 3.88. The molecular weight excluding hydrogens is 464 g/mol. The second kappa shape index (κ2) is 10.9. The maximum Gasteiger partial charge on any atom is 0.251 e. The van der Waals surface area contributed by atoms with Gasteiger partial charge in [-0.3, -0.25) is 9.59 Å². The summed E-state index contributed by atoms with van der Waals surface area (Å²) in [5.74, 6) is 0.104. The SMILES string of the molecule is CSCC[C@H](NC(=O)c1cccc(S(C)(=O)=O)c1)C(=O)Cc1nc(-c2ccccc2)cs1. The molecule has 0 aliphatic carbocycles. The Labute approximate surface area is 196 Å². The number of nitrogens with zero attached hydrogens (tertiary/aromatic N) is 1. The van der Waals surface area contributed by atoms with E-state index in [1.54, 1.807) is 11.8 Å². The highest BCUT2D eigenvalue weighted by Crippen LogP contribution is 2.22. The Balaban J connectivity index is 1.73. The maximum absolute atomic E-state index is 13.0. The lowest BCUT2D eigenvalue weighted by atomic mass is 10.1. The molecule has 2 aromatic carbocycles. The fourth-order valence-electron chi connectivity index (χ4n) is 3.06. The van der Waals surface area contributed by atoms with E-state index in [1.165, 1.54) is 35.6 Å². The zero-order chi connectivity index (χ0) is 23.1. The summed E-state index contributed by atoms with van der Waals surface area (Å²) in [5, 5.41) is 5.40. The minimum absolute atomic E-state index is 0.0633. The van der Waals surface area contributed by atoms with Gasteiger partial charge in [0.25, 0.3) is 5.91 Å². The molecule has 9 heteroatoms.